The van der Waals surface area contributed by atoms with Crippen LogP contribution in [0.25, 0.3) is 21.6 Å². The van der Waals surface area contributed by atoms with E-state index in [0.29, 0.717) is 55.0 Å². The van der Waals surface area contributed by atoms with Crippen LogP contribution in [-0.4, -0.2) is 65.9 Å². The van der Waals surface area contributed by atoms with Crippen molar-refractivity contribution in [1.82, 2.24) is 19.9 Å². The minimum absolute atomic E-state index is 0.293. The number of nitrogens with two attached hydrogens (primary N) is 1. The highest BCUT2D eigenvalue weighted by atomic mass is 32.1. The first-order valence-electron chi connectivity index (χ1n) is 12.1. The van der Waals surface area contributed by atoms with E-state index < -0.39 is 5.97 Å². The molecule has 0 amide bonds. The number of aromatic nitrogens is 4. The van der Waals surface area contributed by atoms with Crippen LogP contribution < -0.4 is 15.5 Å². The summed E-state index contributed by atoms with van der Waals surface area (Å²) in [7, 11) is 1.89. The van der Waals surface area contributed by atoms with Crippen LogP contribution in [0.4, 0.5) is 17.5 Å². The molecule has 0 unspecified atom stereocenters. The van der Waals surface area contributed by atoms with Gasteiger partial charge in [0.05, 0.1) is 47.7 Å². The molecule has 3 aromatic heterocycles. The van der Waals surface area contributed by atoms with Crippen molar-refractivity contribution in [3.8, 4) is 17.5 Å². The molecular formula is C26H26N8O3S. The van der Waals surface area contributed by atoms with Crippen molar-refractivity contribution < 1.29 is 14.3 Å². The maximum absolute atomic E-state index is 11.9. The number of esters is 1. The zero-order chi connectivity index (χ0) is 26.6. The highest BCUT2D eigenvalue weighted by molar-refractivity contribution is 7.19. The SMILES string of the molecule is CCOC(=O)c1cnc(N(C)Cc2cc3nc(-c4ccc(N)c(C#N)c4)nc(N4CCOCC4)c3s2)nc1. The Balaban J connectivity index is 1.48. The highest BCUT2D eigenvalue weighted by Crippen LogP contribution is 2.35. The smallest absolute Gasteiger partial charge is 0.341 e. The molecule has 0 spiro atoms. The molecule has 0 bridgehead atoms. The summed E-state index contributed by atoms with van der Waals surface area (Å²) in [6, 6.07) is 9.43. The number of anilines is 3. The minimum atomic E-state index is -0.445. The zero-order valence-electron chi connectivity index (χ0n) is 21.0. The summed E-state index contributed by atoms with van der Waals surface area (Å²) in [6.45, 7) is 5.29. The van der Waals surface area contributed by atoms with Gasteiger partial charge in [0.1, 0.15) is 6.07 Å². The van der Waals surface area contributed by atoms with E-state index in [1.54, 1.807) is 30.4 Å². The van der Waals surface area contributed by atoms with Crippen LogP contribution in [0, 0.1) is 11.3 Å². The maximum atomic E-state index is 11.9. The van der Waals surface area contributed by atoms with Crippen molar-refractivity contribution >= 4 is 45.0 Å². The Hall–Kier alpha value is -4.34. The molecule has 1 saturated heterocycles. The Morgan fingerprint density at radius 2 is 2.00 bits per heavy atom. The molecule has 11 nitrogen and oxygen atoms in total. The molecule has 0 aliphatic carbocycles. The molecule has 194 valence electrons. The van der Waals surface area contributed by atoms with Crippen LogP contribution in [0.15, 0.2) is 36.7 Å². The average Bonchev–Trinajstić information content (AvgIpc) is 3.35. The number of nitriles is 1. The summed E-state index contributed by atoms with van der Waals surface area (Å²) in [4.78, 5) is 35.5. The zero-order valence-corrected chi connectivity index (χ0v) is 21.9. The van der Waals surface area contributed by atoms with Crippen LogP contribution in [0.1, 0.15) is 27.7 Å². The van der Waals surface area contributed by atoms with Gasteiger partial charge in [-0.3, -0.25) is 0 Å². The predicted molar refractivity (Wildman–Crippen MR) is 145 cm³/mol. The van der Waals surface area contributed by atoms with Gasteiger partial charge in [0.15, 0.2) is 11.6 Å². The molecule has 4 aromatic rings. The van der Waals surface area contributed by atoms with E-state index in [1.165, 1.54) is 12.4 Å². The molecule has 38 heavy (non-hydrogen) atoms. The molecule has 1 aromatic carbocycles. The van der Waals surface area contributed by atoms with Crippen LogP contribution in [0.2, 0.25) is 0 Å². The van der Waals surface area contributed by atoms with Gasteiger partial charge >= 0.3 is 5.97 Å². The quantitative estimate of drug-likeness (QED) is 0.278. The number of carbonyl (C=O) groups is 1. The lowest BCUT2D eigenvalue weighted by atomic mass is 10.1. The van der Waals surface area contributed by atoms with Crippen molar-refractivity contribution in [2.45, 2.75) is 13.5 Å². The van der Waals surface area contributed by atoms with Crippen LogP contribution in [-0.2, 0) is 16.0 Å². The van der Waals surface area contributed by atoms with Gasteiger partial charge in [-0.1, -0.05) is 0 Å². The third-order valence-electron chi connectivity index (χ3n) is 6.03. The van der Waals surface area contributed by atoms with Crippen molar-refractivity contribution in [1.29, 1.82) is 5.26 Å². The van der Waals surface area contributed by atoms with Crippen molar-refractivity contribution in [3.05, 3.63) is 52.7 Å². The lowest BCUT2D eigenvalue weighted by molar-refractivity contribution is 0.0525. The van der Waals surface area contributed by atoms with Gasteiger partial charge in [0.2, 0.25) is 5.95 Å². The fraction of sp³-hybridized carbons (Fsp3) is 0.308. The number of hydrogen-bond donors (Lipinski definition) is 1. The number of thiophene rings is 1. The molecule has 1 aliphatic heterocycles. The third-order valence-corrected chi connectivity index (χ3v) is 7.14. The summed E-state index contributed by atoms with van der Waals surface area (Å²) in [6.07, 6.45) is 2.94. The Kier molecular flexibility index (Phi) is 7.30. The summed E-state index contributed by atoms with van der Waals surface area (Å²) in [5.41, 5.74) is 8.60. The first-order chi connectivity index (χ1) is 18.5. The number of rotatable bonds is 7. The number of benzene rings is 1. The second-order valence-electron chi connectivity index (χ2n) is 8.66. The second kappa shape index (κ2) is 11.0. The van der Waals surface area contributed by atoms with E-state index in [1.807, 2.05) is 24.1 Å². The van der Waals surface area contributed by atoms with Gasteiger partial charge in [-0.05, 0) is 31.2 Å². The number of carbonyl (C=O) groups excluding carboxylic acids is 1. The lowest BCUT2D eigenvalue weighted by Gasteiger charge is -2.28. The number of fused-ring (bicyclic) bond motifs is 1. The van der Waals surface area contributed by atoms with Crippen LogP contribution >= 0.6 is 11.3 Å². The maximum Gasteiger partial charge on any atom is 0.341 e. The summed E-state index contributed by atoms with van der Waals surface area (Å²) >= 11 is 1.62. The standard InChI is InChI=1S/C26H26N8O3S/c1-3-37-25(35)18-13-29-26(30-14-18)33(2)15-19-11-21-22(38-19)24(34-6-8-36-9-7-34)32-23(31-21)16-4-5-20(28)17(10-16)12-27/h4-5,10-11,13-14H,3,6-9,15,28H2,1-2H3. The average molecular weight is 531 g/mol. The number of nitrogens with zero attached hydrogens (tertiary/aromatic N) is 7. The topological polar surface area (TPSA) is 143 Å². The van der Waals surface area contributed by atoms with Gasteiger partial charge in [-0.2, -0.15) is 5.26 Å². The first-order valence-corrected chi connectivity index (χ1v) is 12.9. The molecule has 0 radical (unpaired) electrons. The lowest BCUT2D eigenvalue weighted by Crippen LogP contribution is -2.36. The van der Waals surface area contributed by atoms with Crippen LogP contribution in [0.3, 0.4) is 0 Å². The van der Waals surface area contributed by atoms with E-state index in [-0.39, 0.29) is 0 Å². The summed E-state index contributed by atoms with van der Waals surface area (Å²) in [5, 5.41) is 9.44. The predicted octanol–water partition coefficient (Wildman–Crippen LogP) is 3.25. The fourth-order valence-corrected chi connectivity index (χ4v) is 5.26. The Labute approximate surface area is 223 Å². The van der Waals surface area contributed by atoms with Crippen molar-refractivity contribution in [2.75, 3.05) is 55.5 Å². The molecule has 1 fully saturated rings. The molecule has 0 atom stereocenters. The normalized spacial score (nSPS) is 13.3. The minimum Gasteiger partial charge on any atom is -0.462 e. The van der Waals surface area contributed by atoms with Gasteiger partial charge in [-0.15, -0.1) is 11.3 Å². The Morgan fingerprint density at radius 1 is 1.24 bits per heavy atom. The molecule has 5 rings (SSSR count). The molecule has 12 heteroatoms. The van der Waals surface area contributed by atoms with E-state index in [2.05, 4.69) is 20.9 Å². The second-order valence-corrected chi connectivity index (χ2v) is 9.80. The number of morpholine rings is 1. The number of nitrogen functional groups attached to an aromatic ring is 1. The number of ether oxygens (including phenoxy) is 2. The van der Waals surface area contributed by atoms with Gasteiger partial charge in [0, 0.05) is 48.7 Å². The van der Waals surface area contributed by atoms with Crippen molar-refractivity contribution in [3.63, 3.8) is 0 Å². The van der Waals surface area contributed by atoms with Crippen LogP contribution in [0.5, 0.6) is 0 Å². The van der Waals surface area contributed by atoms with Gasteiger partial charge in [-0.25, -0.2) is 24.7 Å². The van der Waals surface area contributed by atoms with Gasteiger partial charge in [0.25, 0.3) is 0 Å². The Morgan fingerprint density at radius 3 is 2.71 bits per heavy atom. The summed E-state index contributed by atoms with van der Waals surface area (Å²) in [5.74, 6) is 1.42. The fourth-order valence-electron chi connectivity index (χ4n) is 4.10. The van der Waals surface area contributed by atoms with E-state index >= 15 is 0 Å². The molecule has 2 N–H and O–H groups in total. The monoisotopic (exact) mass is 530 g/mol. The molecule has 4 heterocycles. The third kappa shape index (κ3) is 5.20. The van der Waals surface area contributed by atoms with Gasteiger partial charge < -0.3 is 25.0 Å². The summed E-state index contributed by atoms with van der Waals surface area (Å²) < 4.78 is 11.5. The highest BCUT2D eigenvalue weighted by Gasteiger charge is 2.21. The van der Waals surface area contributed by atoms with E-state index in [9.17, 15) is 10.1 Å². The molecule has 0 saturated carbocycles. The Bertz CT molecular complexity index is 1510. The first kappa shape index (κ1) is 25.3. The molecular weight excluding hydrogens is 504 g/mol. The van der Waals surface area contributed by atoms with E-state index in [4.69, 9.17) is 25.2 Å². The number of hydrogen-bond acceptors (Lipinski definition) is 12. The van der Waals surface area contributed by atoms with Crippen molar-refractivity contribution in [2.24, 2.45) is 0 Å². The van der Waals surface area contributed by atoms with E-state index in [0.717, 1.165) is 39.6 Å². The largest absolute Gasteiger partial charge is 0.462 e. The molecule has 1 aliphatic rings.